The van der Waals surface area contributed by atoms with E-state index in [4.69, 9.17) is 9.47 Å². The highest BCUT2D eigenvalue weighted by molar-refractivity contribution is 5.99. The first-order chi connectivity index (χ1) is 12.6. The first kappa shape index (κ1) is 19.4. The summed E-state index contributed by atoms with van der Waals surface area (Å²) in [6.45, 7) is 7.99. The molecule has 3 N–H and O–H groups in total. The molecule has 0 spiro atoms. The van der Waals surface area contributed by atoms with Crippen molar-refractivity contribution in [2.45, 2.75) is 65.1 Å². The molecular weight excluding hydrogens is 348 g/mol. The summed E-state index contributed by atoms with van der Waals surface area (Å²) in [6, 6.07) is 0. The molecule has 3 aliphatic carbocycles. The van der Waals surface area contributed by atoms with Gasteiger partial charge in [-0.15, -0.1) is 0 Å². The smallest absolute Gasteiger partial charge is 0.203 e. The van der Waals surface area contributed by atoms with Gasteiger partial charge in [0.05, 0.1) is 25.4 Å². The van der Waals surface area contributed by atoms with E-state index in [1.165, 1.54) is 7.11 Å². The molecule has 152 valence electrons. The summed E-state index contributed by atoms with van der Waals surface area (Å²) < 4.78 is 11.4. The monoisotopic (exact) mass is 380 g/mol. The first-order valence-electron chi connectivity index (χ1n) is 10.1. The summed E-state index contributed by atoms with van der Waals surface area (Å²) in [4.78, 5) is 13.5. The fraction of sp³-hybridized carbons (Fsp3) is 0.857. The zero-order valence-electron chi connectivity index (χ0n) is 16.8. The highest BCUT2D eigenvalue weighted by atomic mass is 16.6. The number of ketones is 1. The minimum Gasteiger partial charge on any atom is -0.493 e. The van der Waals surface area contributed by atoms with Gasteiger partial charge in [-0.05, 0) is 36.2 Å². The molecule has 1 heterocycles. The fourth-order valence-corrected chi connectivity index (χ4v) is 7.37. The van der Waals surface area contributed by atoms with Crippen molar-refractivity contribution in [1.29, 1.82) is 0 Å². The summed E-state index contributed by atoms with van der Waals surface area (Å²) >= 11 is 0. The van der Waals surface area contributed by atoms with E-state index in [-0.39, 0.29) is 35.6 Å². The molecule has 11 atom stereocenters. The van der Waals surface area contributed by atoms with Crippen LogP contribution in [0, 0.1) is 40.4 Å². The van der Waals surface area contributed by atoms with Gasteiger partial charge >= 0.3 is 0 Å². The predicted octanol–water partition coefficient (Wildman–Crippen LogP) is 1.48. The van der Waals surface area contributed by atoms with Crippen LogP contribution in [0.5, 0.6) is 0 Å². The van der Waals surface area contributed by atoms with Crippen LogP contribution < -0.4 is 0 Å². The van der Waals surface area contributed by atoms with E-state index < -0.39 is 35.2 Å². The normalized spacial score (nSPS) is 57.4. The molecule has 0 amide bonds. The van der Waals surface area contributed by atoms with Crippen molar-refractivity contribution in [3.8, 4) is 0 Å². The molecule has 6 nitrogen and oxygen atoms in total. The molecular formula is C21H32O6. The lowest BCUT2D eigenvalue weighted by molar-refractivity contribution is -0.325. The topological polar surface area (TPSA) is 96.2 Å². The van der Waals surface area contributed by atoms with Crippen molar-refractivity contribution in [3.63, 3.8) is 0 Å². The van der Waals surface area contributed by atoms with Crippen LogP contribution in [-0.2, 0) is 14.3 Å². The van der Waals surface area contributed by atoms with Crippen molar-refractivity contribution in [1.82, 2.24) is 0 Å². The summed E-state index contributed by atoms with van der Waals surface area (Å²) in [5, 5.41) is 32.4. The number of Topliss-reactive ketones (excluding diaryl/α,β-unsaturated/α-hetero) is 1. The highest BCUT2D eigenvalue weighted by Gasteiger charge is 2.72. The molecule has 1 saturated heterocycles. The van der Waals surface area contributed by atoms with E-state index in [0.29, 0.717) is 18.6 Å². The Bertz CT molecular complexity index is 676. The van der Waals surface area contributed by atoms with Crippen molar-refractivity contribution in [2.75, 3.05) is 7.11 Å². The molecule has 0 radical (unpaired) electrons. The quantitative estimate of drug-likeness (QED) is 0.638. The largest absolute Gasteiger partial charge is 0.493 e. The van der Waals surface area contributed by atoms with Crippen molar-refractivity contribution >= 4 is 5.78 Å². The second-order valence-electron chi connectivity index (χ2n) is 9.65. The maximum atomic E-state index is 13.5. The Morgan fingerprint density at radius 2 is 1.78 bits per heavy atom. The van der Waals surface area contributed by atoms with Gasteiger partial charge in [0.2, 0.25) is 5.78 Å². The highest BCUT2D eigenvalue weighted by Crippen LogP contribution is 2.68. The first-order valence-corrected chi connectivity index (χ1v) is 10.1. The average molecular weight is 380 g/mol. The molecule has 0 bridgehead atoms. The van der Waals surface area contributed by atoms with Crippen LogP contribution in [0.15, 0.2) is 11.8 Å². The molecule has 4 aliphatic rings. The van der Waals surface area contributed by atoms with E-state index in [9.17, 15) is 20.1 Å². The number of rotatable bonds is 1. The lowest BCUT2D eigenvalue weighted by Crippen LogP contribution is -2.73. The number of hydrogen-bond donors (Lipinski definition) is 3. The standard InChI is InChI=1S/C21H32O6/c1-9-6-13(26-5)19(25)21(4)11(9)7-14-20(3)12(8-15(22)27-14)10(2)16(23)17(24)18(20)21/h6,9-12,14-18,22-24H,7-8H2,1-5H3/t9-,10-,11-,12-,14+,15+,16+,17-,18-,20-,21+/m1/s1. The molecule has 6 heteroatoms. The van der Waals surface area contributed by atoms with Crippen molar-refractivity contribution in [2.24, 2.45) is 40.4 Å². The van der Waals surface area contributed by atoms with Crippen LogP contribution in [0.3, 0.4) is 0 Å². The van der Waals surface area contributed by atoms with E-state index in [1.54, 1.807) is 0 Å². The number of hydrogen-bond acceptors (Lipinski definition) is 6. The number of aliphatic hydroxyl groups is 3. The van der Waals surface area contributed by atoms with Gasteiger partial charge in [0, 0.05) is 23.2 Å². The number of ether oxygens (including phenoxy) is 2. The molecule has 3 fully saturated rings. The second kappa shape index (κ2) is 6.02. The van der Waals surface area contributed by atoms with E-state index in [1.807, 2.05) is 19.9 Å². The number of carbonyl (C=O) groups excluding carboxylic acids is 1. The molecule has 0 aromatic carbocycles. The third-order valence-electron chi connectivity index (χ3n) is 8.67. The number of fused-ring (bicyclic) bond motifs is 2. The maximum Gasteiger partial charge on any atom is 0.203 e. The lowest BCUT2D eigenvalue weighted by Gasteiger charge is -2.69. The molecule has 2 saturated carbocycles. The Kier molecular flexibility index (Phi) is 4.32. The Morgan fingerprint density at radius 3 is 2.41 bits per heavy atom. The lowest BCUT2D eigenvalue weighted by atomic mass is 9.38. The Morgan fingerprint density at radius 1 is 1.11 bits per heavy atom. The Labute approximate surface area is 160 Å². The van der Waals surface area contributed by atoms with Crippen LogP contribution in [-0.4, -0.2) is 52.8 Å². The number of aliphatic hydroxyl groups excluding tert-OH is 3. The third-order valence-corrected chi connectivity index (χ3v) is 8.67. The van der Waals surface area contributed by atoms with E-state index in [0.717, 1.165) is 0 Å². The van der Waals surface area contributed by atoms with Gasteiger partial charge < -0.3 is 24.8 Å². The predicted molar refractivity (Wildman–Crippen MR) is 97.2 cm³/mol. The maximum absolute atomic E-state index is 13.5. The van der Waals surface area contributed by atoms with Gasteiger partial charge in [-0.2, -0.15) is 0 Å². The van der Waals surface area contributed by atoms with Gasteiger partial charge in [-0.25, -0.2) is 0 Å². The van der Waals surface area contributed by atoms with E-state index >= 15 is 0 Å². The van der Waals surface area contributed by atoms with Crippen molar-refractivity contribution in [3.05, 3.63) is 11.8 Å². The third kappa shape index (κ3) is 2.24. The number of carbonyl (C=O) groups is 1. The van der Waals surface area contributed by atoms with Gasteiger partial charge in [-0.3, -0.25) is 4.79 Å². The molecule has 27 heavy (non-hydrogen) atoms. The SMILES string of the molecule is COC1=C[C@@H](C)[C@H]2C[C@@H]3O[C@H](O)C[C@@H]4[C@@H](C)[C@H](O)[C@@H](O)[C@@H]([C@@]2(C)C1=O)[C@@]34C. The summed E-state index contributed by atoms with van der Waals surface area (Å²) in [5.41, 5.74) is -1.36. The summed E-state index contributed by atoms with van der Waals surface area (Å²) in [5.74, 6) is -0.416. The fourth-order valence-electron chi connectivity index (χ4n) is 7.37. The second-order valence-corrected chi connectivity index (χ2v) is 9.65. The van der Waals surface area contributed by atoms with E-state index in [2.05, 4.69) is 13.8 Å². The summed E-state index contributed by atoms with van der Waals surface area (Å²) in [7, 11) is 1.50. The van der Waals surface area contributed by atoms with Crippen LogP contribution >= 0.6 is 0 Å². The molecule has 0 aromatic rings. The average Bonchev–Trinajstić information content (AvgIpc) is 2.61. The molecule has 0 aromatic heterocycles. The molecule has 1 aliphatic heterocycles. The molecule has 0 unspecified atom stereocenters. The summed E-state index contributed by atoms with van der Waals surface area (Å²) in [6.07, 6.45) is -0.173. The minimum absolute atomic E-state index is 0.0348. The Hall–Kier alpha value is -0.950. The van der Waals surface area contributed by atoms with Gasteiger partial charge in [0.25, 0.3) is 0 Å². The van der Waals surface area contributed by atoms with Gasteiger partial charge in [0.1, 0.15) is 0 Å². The Balaban J connectivity index is 1.91. The van der Waals surface area contributed by atoms with Gasteiger partial charge in [0.15, 0.2) is 12.0 Å². The van der Waals surface area contributed by atoms with Crippen LogP contribution in [0.25, 0.3) is 0 Å². The molecule has 4 rings (SSSR count). The minimum atomic E-state index is -1.03. The van der Waals surface area contributed by atoms with Crippen LogP contribution in [0.1, 0.15) is 40.5 Å². The number of allylic oxidation sites excluding steroid dienone is 2. The van der Waals surface area contributed by atoms with Gasteiger partial charge in [-0.1, -0.05) is 27.7 Å². The van der Waals surface area contributed by atoms with Crippen LogP contribution in [0.2, 0.25) is 0 Å². The zero-order chi connectivity index (χ0) is 19.9. The van der Waals surface area contributed by atoms with Crippen LogP contribution in [0.4, 0.5) is 0 Å². The number of methoxy groups -OCH3 is 1. The van der Waals surface area contributed by atoms with Crippen molar-refractivity contribution < 1.29 is 29.6 Å². The zero-order valence-corrected chi connectivity index (χ0v) is 16.8.